The molecule has 0 bridgehead atoms. The van der Waals surface area contributed by atoms with Crippen molar-refractivity contribution in [2.24, 2.45) is 5.92 Å². The molecule has 3 aromatic carbocycles. The van der Waals surface area contributed by atoms with Gasteiger partial charge in [0.05, 0.1) is 17.0 Å². The molecule has 4 rings (SSSR count). The molecular weight excluding hydrogens is 848 g/mol. The van der Waals surface area contributed by atoms with E-state index < -0.39 is 45.9 Å². The summed E-state index contributed by atoms with van der Waals surface area (Å²) in [6, 6.07) is 14.5. The summed E-state index contributed by atoms with van der Waals surface area (Å²) in [4.78, 5) is 52.6. The van der Waals surface area contributed by atoms with Gasteiger partial charge in [-0.15, -0.1) is 5.69 Å². The Morgan fingerprint density at radius 3 is 2.16 bits per heavy atom. The number of carboxylic acids is 1. The second-order valence-corrected chi connectivity index (χ2v) is 16.1. The van der Waals surface area contributed by atoms with Crippen LogP contribution in [0.1, 0.15) is 50.7 Å². The average molecular weight is 896 g/mol. The topological polar surface area (TPSA) is 209 Å². The van der Waals surface area contributed by atoms with E-state index in [1.54, 1.807) is 30.3 Å². The van der Waals surface area contributed by atoms with Gasteiger partial charge in [-0.1, -0.05) is 79.0 Å². The summed E-state index contributed by atoms with van der Waals surface area (Å²) in [6.07, 6.45) is 0.753. The molecule has 3 aromatic rings. The van der Waals surface area contributed by atoms with Crippen molar-refractivity contribution in [3.05, 3.63) is 93.6 Å². The number of nitrogens with zero attached hydrogens (tertiary/aromatic N) is 2. The predicted molar refractivity (Wildman–Crippen MR) is 207 cm³/mol. The van der Waals surface area contributed by atoms with Gasteiger partial charge < -0.3 is 26.4 Å². The van der Waals surface area contributed by atoms with E-state index in [0.717, 1.165) is 9.87 Å². The van der Waals surface area contributed by atoms with Gasteiger partial charge in [0.1, 0.15) is 18.1 Å². The molecule has 0 aliphatic carbocycles. The van der Waals surface area contributed by atoms with Crippen LogP contribution in [0.5, 0.6) is 0 Å². The molecule has 0 saturated carbocycles. The molecule has 1 fully saturated rings. The van der Waals surface area contributed by atoms with E-state index in [1.165, 1.54) is 30.1 Å². The number of nitrogens with one attached hydrogen (secondary N) is 4. The molecule has 55 heavy (non-hydrogen) atoms. The van der Waals surface area contributed by atoms with Gasteiger partial charge in [-0.05, 0) is 74.4 Å². The normalized spacial score (nSPS) is 15.1. The second kappa shape index (κ2) is 22.4. The molecule has 1 radical (unpaired) electrons. The van der Waals surface area contributed by atoms with Crippen LogP contribution in [-0.2, 0) is 68.3 Å². The Bertz CT molecular complexity index is 1850. The van der Waals surface area contributed by atoms with Crippen molar-refractivity contribution in [2.45, 2.75) is 75.9 Å². The van der Waals surface area contributed by atoms with Crippen LogP contribution in [0.3, 0.4) is 0 Å². The number of likely N-dealkylation sites (N-methyl/N-ethyl adjacent to an activating group) is 1. The number of hydrogen-bond acceptors (Lipinski definition) is 8. The van der Waals surface area contributed by atoms with E-state index in [4.69, 9.17) is 34.1 Å². The molecule has 1 aliphatic rings. The number of aryl methyl sites for hydroxylation is 1. The van der Waals surface area contributed by atoms with Gasteiger partial charge in [-0.25, -0.2) is 13.2 Å². The fraction of sp³-hybridized carbons (Fsp3) is 0.405. The summed E-state index contributed by atoms with van der Waals surface area (Å²) in [5.41, 5.74) is 12.0. The van der Waals surface area contributed by atoms with Gasteiger partial charge in [0.2, 0.25) is 27.7 Å². The first-order valence-corrected chi connectivity index (χ1v) is 19.4. The Kier molecular flexibility index (Phi) is 19.5. The molecule has 14 nitrogen and oxygen atoms in total. The van der Waals surface area contributed by atoms with Crippen LogP contribution in [-0.4, -0.2) is 89.9 Å². The van der Waals surface area contributed by atoms with E-state index in [0.29, 0.717) is 29.8 Å². The number of carboxylic acid groups (broad SMARTS) is 1. The number of rotatable bonds is 15. The maximum Gasteiger partial charge on any atom is 0.326 e. The molecule has 6 N–H and O–H groups in total. The third-order valence-corrected chi connectivity index (χ3v) is 11.1. The summed E-state index contributed by atoms with van der Waals surface area (Å²) >= 11 is 12.0. The first-order chi connectivity index (χ1) is 25.4. The van der Waals surface area contributed by atoms with E-state index in [9.17, 15) is 32.7 Å². The van der Waals surface area contributed by atoms with Gasteiger partial charge >= 0.3 is 5.97 Å². The number of amides is 3. The quantitative estimate of drug-likeness (QED) is 0.116. The van der Waals surface area contributed by atoms with Crippen molar-refractivity contribution in [3.8, 4) is 0 Å². The summed E-state index contributed by atoms with van der Waals surface area (Å²) in [6.45, 7) is 5.66. The van der Waals surface area contributed by atoms with Crippen LogP contribution >= 0.6 is 23.2 Å². The zero-order valence-corrected chi connectivity index (χ0v) is 36.3. The van der Waals surface area contributed by atoms with Gasteiger partial charge in [-0.2, -0.15) is 4.31 Å². The minimum absolute atomic E-state index is 0. The monoisotopic (exact) mass is 894 g/mol. The molecule has 3 amide bonds. The Morgan fingerprint density at radius 1 is 1.02 bits per heavy atom. The molecule has 3 unspecified atom stereocenters. The predicted octanol–water partition coefficient (Wildman–Crippen LogP) is 5.82. The van der Waals surface area contributed by atoms with Gasteiger partial charge in [0.25, 0.3) is 0 Å². The van der Waals surface area contributed by atoms with Gasteiger partial charge in [0, 0.05) is 62.9 Å². The number of carbonyl (C=O) groups is 4. The number of halogens is 2. The van der Waals surface area contributed by atoms with Crippen molar-refractivity contribution >= 4 is 68.3 Å². The Morgan fingerprint density at radius 2 is 1.64 bits per heavy atom. The van der Waals surface area contributed by atoms with Gasteiger partial charge in [0.15, 0.2) is 0 Å². The molecule has 1 saturated heterocycles. The minimum Gasteiger partial charge on any atom is -0.699 e. The van der Waals surface area contributed by atoms with Gasteiger partial charge in [-0.3, -0.25) is 25.1 Å². The molecule has 18 heteroatoms. The molecule has 3 atom stereocenters. The second-order valence-electron chi connectivity index (χ2n) is 13.3. The minimum atomic E-state index is -4.17. The maximum absolute atomic E-state index is 13.3. The zero-order chi connectivity index (χ0) is 40.2. The van der Waals surface area contributed by atoms with Crippen molar-refractivity contribution in [2.75, 3.05) is 25.6 Å². The van der Waals surface area contributed by atoms with E-state index in [-0.39, 0.29) is 91.8 Å². The first kappa shape index (κ1) is 47.8. The van der Waals surface area contributed by atoms with Crippen molar-refractivity contribution in [1.29, 1.82) is 0 Å². The average Bonchev–Trinajstić information content (AvgIpc) is 3.63. The summed E-state index contributed by atoms with van der Waals surface area (Å²) < 4.78 is 27.6. The molecule has 297 valence electrons. The van der Waals surface area contributed by atoms with Crippen LogP contribution in [0.15, 0.2) is 71.6 Å². The van der Waals surface area contributed by atoms with E-state index in [2.05, 4.69) is 10.6 Å². The zero-order valence-electron chi connectivity index (χ0n) is 31.1. The van der Waals surface area contributed by atoms with Crippen molar-refractivity contribution in [3.63, 3.8) is 0 Å². The Hall–Kier alpha value is -3.31. The van der Waals surface area contributed by atoms with Crippen LogP contribution < -0.4 is 16.1 Å². The summed E-state index contributed by atoms with van der Waals surface area (Å²) in [5, 5.41) is 24.1. The number of anilines is 1. The van der Waals surface area contributed by atoms with E-state index >= 15 is 0 Å². The van der Waals surface area contributed by atoms with E-state index in [1.807, 2.05) is 44.5 Å². The van der Waals surface area contributed by atoms with Crippen LogP contribution in [0.25, 0.3) is 5.73 Å². The summed E-state index contributed by atoms with van der Waals surface area (Å²) in [7, 11) is -2.64. The third kappa shape index (κ3) is 14.3. The molecule has 1 aliphatic heterocycles. The Balaban J connectivity index is 0.00000103. The fourth-order valence-electron chi connectivity index (χ4n) is 5.72. The number of aliphatic carboxylic acids is 1. The smallest absolute Gasteiger partial charge is 0.326 e. The third-order valence-electron chi connectivity index (χ3n) is 8.74. The van der Waals surface area contributed by atoms with Crippen LogP contribution in [0, 0.1) is 12.8 Å². The van der Waals surface area contributed by atoms with Crippen LogP contribution in [0.2, 0.25) is 10.0 Å². The first-order valence-electron chi connectivity index (χ1n) is 17.2. The number of hydrogen-bond donors (Lipinski definition) is 5. The SMILES string of the molecule is CC(C)CC(C(=O)NCCC(NC(=O)C1CCCN1S(=O)(=O)c1cc(Cl)cc(Cl)c1)C(=O)O)N(C)C(=O)Cc1ccc(NO)cc1.Cc1ccccc1[NH-].[Y]. The fourth-order valence-corrected chi connectivity index (χ4v) is 8.10. The molecule has 0 aromatic heterocycles. The molecular formula is C37H47Cl2N6O8SY-. The van der Waals surface area contributed by atoms with Crippen molar-refractivity contribution < 1.29 is 70.6 Å². The Labute approximate surface area is 357 Å². The summed E-state index contributed by atoms with van der Waals surface area (Å²) in [5.74, 6) is -2.87. The van der Waals surface area contributed by atoms with Crippen molar-refractivity contribution in [1.82, 2.24) is 19.8 Å². The number of benzene rings is 3. The number of carbonyl (C=O) groups excluding carboxylic acids is 3. The molecule has 0 spiro atoms. The van der Waals surface area contributed by atoms with Crippen LogP contribution in [0.4, 0.5) is 11.4 Å². The largest absolute Gasteiger partial charge is 0.699 e. The maximum atomic E-state index is 13.3. The molecule has 1 heterocycles. The number of sulfonamides is 1. The standard InChI is InChI=1S/C30H39Cl2N5O8S.C7H8N.Y/c1-18(2)13-26(36(3)27(38)14-19-6-8-22(35-43)9-7-19)28(39)33-11-10-24(30(41)42)34-29(40)25-5-4-12-37(25)46(44,45)23-16-20(31)15-21(32)17-23;1-6-4-2-3-5-7(6)8;/h6-9,15-18,24-26,35,43H,4-5,10-14H2,1-3H3,(H,33,39)(H,34,40)(H,41,42);2-5,8H,1H3;/q;-1;.